The van der Waals surface area contributed by atoms with E-state index in [2.05, 4.69) is 0 Å². The number of carboxylic acid groups (broad SMARTS) is 1. The Hall–Kier alpha value is -1.92. The number of aliphatic carboxylic acids is 1. The van der Waals surface area contributed by atoms with Crippen molar-refractivity contribution in [2.75, 3.05) is 0 Å². The number of rotatable bonds is 4. The van der Waals surface area contributed by atoms with Crippen LogP contribution in [0.15, 0.2) is 24.3 Å². The van der Waals surface area contributed by atoms with Gasteiger partial charge in [0.2, 0.25) is 0 Å². The lowest BCUT2D eigenvalue weighted by atomic mass is 10.0. The van der Waals surface area contributed by atoms with Gasteiger partial charge in [-0.2, -0.15) is 0 Å². The van der Waals surface area contributed by atoms with Crippen LogP contribution in [-0.4, -0.2) is 39.0 Å². The summed E-state index contributed by atoms with van der Waals surface area (Å²) >= 11 is 0. The first-order chi connectivity index (χ1) is 9.11. The van der Waals surface area contributed by atoms with E-state index in [1.54, 1.807) is 20.8 Å². The van der Waals surface area contributed by atoms with Crippen LogP contribution in [0.4, 0.5) is 0 Å². The number of ether oxygens (including phenoxy) is 1. The van der Waals surface area contributed by atoms with E-state index in [0.717, 1.165) is 0 Å². The molecule has 6 heteroatoms. The van der Waals surface area contributed by atoms with Crippen molar-refractivity contribution < 1.29 is 29.6 Å². The number of esters is 1. The van der Waals surface area contributed by atoms with Gasteiger partial charge in [-0.15, -0.1) is 0 Å². The quantitative estimate of drug-likeness (QED) is 0.715. The predicted molar refractivity (Wildman–Crippen MR) is 70.2 cm³/mol. The third-order valence-corrected chi connectivity index (χ3v) is 2.41. The third kappa shape index (κ3) is 4.32. The summed E-state index contributed by atoms with van der Waals surface area (Å²) in [6.07, 6.45) is -3.57. The molecule has 2 unspecified atom stereocenters. The Morgan fingerprint density at radius 2 is 1.80 bits per heavy atom. The molecule has 0 spiro atoms. The highest BCUT2D eigenvalue weighted by atomic mass is 16.6. The first-order valence-electron chi connectivity index (χ1n) is 6.04. The van der Waals surface area contributed by atoms with Gasteiger partial charge in [-0.1, -0.05) is 12.1 Å². The normalized spacial score (nSPS) is 14.4. The van der Waals surface area contributed by atoms with Crippen LogP contribution in [-0.2, 0) is 9.53 Å². The Bertz CT molecular complexity index is 503. The summed E-state index contributed by atoms with van der Waals surface area (Å²) in [5.74, 6) is -2.13. The van der Waals surface area contributed by atoms with Gasteiger partial charge in [0.05, 0.1) is 5.56 Å². The summed E-state index contributed by atoms with van der Waals surface area (Å²) in [6.45, 7) is 5.16. The number of hydrogen-bond acceptors (Lipinski definition) is 5. The molecule has 1 aromatic carbocycles. The maximum absolute atomic E-state index is 11.9. The molecule has 0 aliphatic heterocycles. The highest BCUT2D eigenvalue weighted by Gasteiger charge is 2.26. The number of aliphatic hydroxyl groups excluding tert-OH is 2. The molecule has 110 valence electrons. The van der Waals surface area contributed by atoms with Crippen molar-refractivity contribution in [3.05, 3.63) is 35.4 Å². The molecule has 0 aromatic heterocycles. The molecule has 0 aliphatic rings. The molecule has 1 rings (SSSR count). The van der Waals surface area contributed by atoms with Gasteiger partial charge in [0.15, 0.2) is 6.10 Å². The summed E-state index contributed by atoms with van der Waals surface area (Å²) < 4.78 is 5.17. The molecular formula is C14H18O6. The summed E-state index contributed by atoms with van der Waals surface area (Å²) in [5.41, 5.74) is -0.357. The first kappa shape index (κ1) is 16.1. The van der Waals surface area contributed by atoms with Crippen LogP contribution in [0.25, 0.3) is 0 Å². The zero-order valence-corrected chi connectivity index (χ0v) is 11.5. The number of hydrogen-bond donors (Lipinski definition) is 3. The van der Waals surface area contributed by atoms with E-state index in [-0.39, 0.29) is 11.1 Å². The third-order valence-electron chi connectivity index (χ3n) is 2.41. The molecule has 0 bridgehead atoms. The van der Waals surface area contributed by atoms with Gasteiger partial charge in [0.1, 0.15) is 11.7 Å². The highest BCUT2D eigenvalue weighted by molar-refractivity contribution is 5.90. The van der Waals surface area contributed by atoms with Crippen molar-refractivity contribution in [1.82, 2.24) is 0 Å². The zero-order valence-electron chi connectivity index (χ0n) is 11.5. The fraction of sp³-hybridized carbons (Fsp3) is 0.429. The Balaban J connectivity index is 2.96. The van der Waals surface area contributed by atoms with Crippen LogP contribution in [0, 0.1) is 0 Å². The molecule has 0 aliphatic carbocycles. The SMILES string of the molecule is CC(C)(C)OC(=O)c1cccc(C(O)C(O)C(=O)O)c1. The predicted octanol–water partition coefficient (Wildman–Crippen LogP) is 1.12. The van der Waals surface area contributed by atoms with Crippen LogP contribution in [0.1, 0.15) is 42.8 Å². The van der Waals surface area contributed by atoms with E-state index < -0.39 is 29.7 Å². The fourth-order valence-corrected chi connectivity index (χ4v) is 1.50. The molecule has 0 heterocycles. The Labute approximate surface area is 116 Å². The highest BCUT2D eigenvalue weighted by Crippen LogP contribution is 2.20. The van der Waals surface area contributed by atoms with Crippen molar-refractivity contribution in [2.24, 2.45) is 0 Å². The summed E-state index contributed by atoms with van der Waals surface area (Å²) in [4.78, 5) is 22.5. The molecule has 0 fully saturated rings. The lowest BCUT2D eigenvalue weighted by Crippen LogP contribution is -2.28. The summed E-state index contributed by atoms with van der Waals surface area (Å²) in [6, 6.07) is 5.68. The second kappa shape index (κ2) is 6.02. The van der Waals surface area contributed by atoms with E-state index in [9.17, 15) is 19.8 Å². The molecule has 0 saturated heterocycles. The van der Waals surface area contributed by atoms with E-state index in [1.165, 1.54) is 24.3 Å². The van der Waals surface area contributed by atoms with Gasteiger partial charge in [0, 0.05) is 0 Å². The van der Waals surface area contributed by atoms with Crippen molar-refractivity contribution >= 4 is 11.9 Å². The fourth-order valence-electron chi connectivity index (χ4n) is 1.50. The lowest BCUT2D eigenvalue weighted by Gasteiger charge is -2.20. The van der Waals surface area contributed by atoms with Crippen LogP contribution in [0.5, 0.6) is 0 Å². The first-order valence-corrected chi connectivity index (χ1v) is 6.04. The maximum Gasteiger partial charge on any atom is 0.338 e. The molecule has 1 aromatic rings. The molecule has 20 heavy (non-hydrogen) atoms. The van der Waals surface area contributed by atoms with E-state index in [1.807, 2.05) is 0 Å². The van der Waals surface area contributed by atoms with Gasteiger partial charge < -0.3 is 20.1 Å². The number of aliphatic hydroxyl groups is 2. The molecule has 0 amide bonds. The zero-order chi connectivity index (χ0) is 15.5. The van der Waals surface area contributed by atoms with Gasteiger partial charge in [-0.25, -0.2) is 9.59 Å². The standard InChI is InChI=1S/C14H18O6/c1-14(2,3)20-13(19)9-6-4-5-8(7-9)10(15)11(16)12(17)18/h4-7,10-11,15-16H,1-3H3,(H,17,18). The average Bonchev–Trinajstić information content (AvgIpc) is 2.35. The minimum atomic E-state index is -1.95. The lowest BCUT2D eigenvalue weighted by molar-refractivity contribution is -0.153. The summed E-state index contributed by atoms with van der Waals surface area (Å²) in [7, 11) is 0. The largest absolute Gasteiger partial charge is 0.479 e. The van der Waals surface area contributed by atoms with Crippen LogP contribution < -0.4 is 0 Å². The van der Waals surface area contributed by atoms with E-state index in [4.69, 9.17) is 9.84 Å². The second-order valence-electron chi connectivity index (χ2n) is 5.36. The van der Waals surface area contributed by atoms with Crippen molar-refractivity contribution in [3.63, 3.8) is 0 Å². The molecule has 0 radical (unpaired) electrons. The smallest absolute Gasteiger partial charge is 0.338 e. The number of carboxylic acids is 1. The molecule has 6 nitrogen and oxygen atoms in total. The van der Waals surface area contributed by atoms with Crippen LogP contribution in [0.2, 0.25) is 0 Å². The summed E-state index contributed by atoms with van der Waals surface area (Å²) in [5, 5.41) is 27.7. The van der Waals surface area contributed by atoms with Crippen molar-refractivity contribution in [2.45, 2.75) is 38.6 Å². The minimum Gasteiger partial charge on any atom is -0.479 e. The Morgan fingerprint density at radius 1 is 1.20 bits per heavy atom. The molecular weight excluding hydrogens is 264 g/mol. The van der Waals surface area contributed by atoms with Crippen molar-refractivity contribution in [3.8, 4) is 0 Å². The van der Waals surface area contributed by atoms with E-state index in [0.29, 0.717) is 0 Å². The van der Waals surface area contributed by atoms with Gasteiger partial charge in [0.25, 0.3) is 0 Å². The van der Waals surface area contributed by atoms with Crippen LogP contribution in [0.3, 0.4) is 0 Å². The molecule has 2 atom stereocenters. The van der Waals surface area contributed by atoms with Crippen molar-refractivity contribution in [1.29, 1.82) is 0 Å². The number of benzene rings is 1. The van der Waals surface area contributed by atoms with Gasteiger partial charge in [-0.05, 0) is 38.5 Å². The number of carbonyl (C=O) groups is 2. The monoisotopic (exact) mass is 282 g/mol. The van der Waals surface area contributed by atoms with Gasteiger partial charge >= 0.3 is 11.9 Å². The topological polar surface area (TPSA) is 104 Å². The second-order valence-corrected chi connectivity index (χ2v) is 5.36. The van der Waals surface area contributed by atoms with E-state index >= 15 is 0 Å². The van der Waals surface area contributed by atoms with Crippen LogP contribution >= 0.6 is 0 Å². The number of carbonyl (C=O) groups excluding carboxylic acids is 1. The minimum absolute atomic E-state index is 0.128. The Morgan fingerprint density at radius 3 is 2.30 bits per heavy atom. The average molecular weight is 282 g/mol. The Kier molecular flexibility index (Phi) is 4.86. The molecule has 3 N–H and O–H groups in total. The molecule has 0 saturated carbocycles. The maximum atomic E-state index is 11.9. The van der Waals surface area contributed by atoms with Gasteiger partial charge in [-0.3, -0.25) is 0 Å².